The predicted molar refractivity (Wildman–Crippen MR) is 88.6 cm³/mol. The van der Waals surface area contributed by atoms with E-state index in [0.717, 1.165) is 32.8 Å². The third-order valence-electron chi connectivity index (χ3n) is 4.62. The Hall–Kier alpha value is -0.900. The van der Waals surface area contributed by atoms with Crippen LogP contribution in [0.3, 0.4) is 0 Å². The third kappa shape index (κ3) is 4.06. The molecule has 118 valence electrons. The SMILES string of the molecule is CCCC1CN(CCOCC)C(C)(c2ccccc2)CN1. The fraction of sp³-hybridized carbons (Fsp3) is 0.667. The first-order chi connectivity index (χ1) is 10.2. The molecule has 0 bridgehead atoms. The largest absolute Gasteiger partial charge is 0.380 e. The van der Waals surface area contributed by atoms with Crippen molar-refractivity contribution in [3.63, 3.8) is 0 Å². The van der Waals surface area contributed by atoms with E-state index in [0.29, 0.717) is 6.04 Å². The summed E-state index contributed by atoms with van der Waals surface area (Å²) in [6, 6.07) is 11.5. The van der Waals surface area contributed by atoms with Crippen LogP contribution in [0.25, 0.3) is 0 Å². The van der Waals surface area contributed by atoms with Crippen molar-refractivity contribution in [3.8, 4) is 0 Å². The van der Waals surface area contributed by atoms with Crippen LogP contribution in [0.5, 0.6) is 0 Å². The number of nitrogens with zero attached hydrogens (tertiary/aromatic N) is 1. The van der Waals surface area contributed by atoms with Gasteiger partial charge in [0.05, 0.1) is 12.1 Å². The lowest BCUT2D eigenvalue weighted by Crippen LogP contribution is -2.62. The molecule has 3 heteroatoms. The number of nitrogens with one attached hydrogen (secondary N) is 1. The van der Waals surface area contributed by atoms with Crippen molar-refractivity contribution < 1.29 is 4.74 Å². The minimum atomic E-state index is 0.0581. The van der Waals surface area contributed by atoms with Gasteiger partial charge in [0.1, 0.15) is 0 Å². The van der Waals surface area contributed by atoms with Gasteiger partial charge < -0.3 is 10.1 Å². The highest BCUT2D eigenvalue weighted by molar-refractivity contribution is 5.25. The van der Waals surface area contributed by atoms with Crippen molar-refractivity contribution in [2.45, 2.75) is 45.2 Å². The van der Waals surface area contributed by atoms with Crippen molar-refractivity contribution in [1.82, 2.24) is 10.2 Å². The molecule has 21 heavy (non-hydrogen) atoms. The number of hydrogen-bond donors (Lipinski definition) is 1. The molecule has 0 amide bonds. The maximum Gasteiger partial charge on any atom is 0.0593 e. The van der Waals surface area contributed by atoms with E-state index in [9.17, 15) is 0 Å². The van der Waals surface area contributed by atoms with Crippen LogP contribution in [0.1, 0.15) is 39.2 Å². The molecule has 1 N–H and O–H groups in total. The molecule has 2 rings (SSSR count). The minimum Gasteiger partial charge on any atom is -0.380 e. The van der Waals surface area contributed by atoms with Crippen LogP contribution in [-0.2, 0) is 10.3 Å². The van der Waals surface area contributed by atoms with Crippen molar-refractivity contribution in [2.24, 2.45) is 0 Å². The number of hydrogen-bond acceptors (Lipinski definition) is 3. The molecule has 1 heterocycles. The number of piperazine rings is 1. The second kappa shape index (κ2) is 7.92. The van der Waals surface area contributed by atoms with Gasteiger partial charge in [-0.3, -0.25) is 4.90 Å². The van der Waals surface area contributed by atoms with E-state index in [4.69, 9.17) is 4.74 Å². The second-order valence-electron chi connectivity index (χ2n) is 6.15. The van der Waals surface area contributed by atoms with Gasteiger partial charge in [-0.1, -0.05) is 43.7 Å². The van der Waals surface area contributed by atoms with Crippen LogP contribution in [0.4, 0.5) is 0 Å². The molecule has 2 unspecified atom stereocenters. The molecule has 1 aromatic carbocycles. The Morgan fingerprint density at radius 1 is 1.29 bits per heavy atom. The average Bonchev–Trinajstić information content (AvgIpc) is 2.52. The highest BCUT2D eigenvalue weighted by Gasteiger charge is 2.38. The monoisotopic (exact) mass is 290 g/mol. The van der Waals surface area contributed by atoms with Crippen molar-refractivity contribution in [3.05, 3.63) is 35.9 Å². The summed E-state index contributed by atoms with van der Waals surface area (Å²) in [7, 11) is 0. The van der Waals surface area contributed by atoms with Crippen molar-refractivity contribution >= 4 is 0 Å². The Balaban J connectivity index is 2.13. The minimum absolute atomic E-state index is 0.0581. The first-order valence-electron chi connectivity index (χ1n) is 8.32. The Morgan fingerprint density at radius 3 is 2.71 bits per heavy atom. The summed E-state index contributed by atoms with van der Waals surface area (Å²) in [6.07, 6.45) is 2.48. The molecule has 1 aliphatic heterocycles. The Labute approximate surface area is 129 Å². The maximum absolute atomic E-state index is 5.60. The van der Waals surface area contributed by atoms with Gasteiger partial charge in [0.2, 0.25) is 0 Å². The summed E-state index contributed by atoms with van der Waals surface area (Å²) < 4.78 is 5.60. The smallest absolute Gasteiger partial charge is 0.0593 e. The van der Waals surface area contributed by atoms with Crippen molar-refractivity contribution in [1.29, 1.82) is 0 Å². The van der Waals surface area contributed by atoms with E-state index < -0.39 is 0 Å². The van der Waals surface area contributed by atoms with Gasteiger partial charge in [-0.25, -0.2) is 0 Å². The zero-order valence-electron chi connectivity index (χ0n) is 13.8. The van der Waals surface area contributed by atoms with Crippen LogP contribution in [0, 0.1) is 0 Å². The molecular weight excluding hydrogens is 260 g/mol. The molecule has 1 aliphatic rings. The Morgan fingerprint density at radius 2 is 2.05 bits per heavy atom. The first kappa shape index (κ1) is 16.5. The Kier molecular flexibility index (Phi) is 6.22. The van der Waals surface area contributed by atoms with Gasteiger partial charge in [-0.2, -0.15) is 0 Å². The third-order valence-corrected chi connectivity index (χ3v) is 4.62. The van der Waals surface area contributed by atoms with Gasteiger partial charge in [-0.15, -0.1) is 0 Å². The standard InChI is InChI=1S/C18H30N2O/c1-4-9-17-14-20(12-13-21-5-2)18(3,15-19-17)16-10-7-6-8-11-16/h6-8,10-11,17,19H,4-5,9,12-15H2,1-3H3. The molecule has 3 nitrogen and oxygen atoms in total. The molecule has 1 aromatic rings. The van der Waals surface area contributed by atoms with Gasteiger partial charge >= 0.3 is 0 Å². The normalized spacial score (nSPS) is 26.9. The van der Waals surface area contributed by atoms with E-state index in [1.165, 1.54) is 18.4 Å². The van der Waals surface area contributed by atoms with E-state index in [1.807, 2.05) is 0 Å². The van der Waals surface area contributed by atoms with Crippen LogP contribution in [-0.4, -0.2) is 43.8 Å². The van der Waals surface area contributed by atoms with Gasteiger partial charge in [0.15, 0.2) is 0 Å². The quantitative estimate of drug-likeness (QED) is 0.781. The Bertz CT molecular complexity index is 409. The molecule has 0 saturated carbocycles. The summed E-state index contributed by atoms with van der Waals surface area (Å²) >= 11 is 0. The molecule has 1 saturated heterocycles. The highest BCUT2D eigenvalue weighted by Crippen LogP contribution is 2.31. The summed E-state index contributed by atoms with van der Waals surface area (Å²) in [6.45, 7) is 11.4. The van der Waals surface area contributed by atoms with E-state index in [1.54, 1.807) is 0 Å². The summed E-state index contributed by atoms with van der Waals surface area (Å²) in [4.78, 5) is 2.61. The first-order valence-corrected chi connectivity index (χ1v) is 8.32. The van der Waals surface area contributed by atoms with Crippen LogP contribution in [0.15, 0.2) is 30.3 Å². The zero-order chi connectivity index (χ0) is 15.1. The highest BCUT2D eigenvalue weighted by atomic mass is 16.5. The number of benzene rings is 1. The van der Waals surface area contributed by atoms with E-state index in [-0.39, 0.29) is 5.54 Å². The topological polar surface area (TPSA) is 24.5 Å². The van der Waals surface area contributed by atoms with Gasteiger partial charge in [0, 0.05) is 32.3 Å². The molecule has 1 fully saturated rings. The number of ether oxygens (including phenoxy) is 1. The average molecular weight is 290 g/mol. The van der Waals surface area contributed by atoms with Gasteiger partial charge in [0.25, 0.3) is 0 Å². The summed E-state index contributed by atoms with van der Waals surface area (Å²) in [5, 5.41) is 3.75. The lowest BCUT2D eigenvalue weighted by atomic mass is 9.86. The lowest BCUT2D eigenvalue weighted by Gasteiger charge is -2.48. The summed E-state index contributed by atoms with van der Waals surface area (Å²) in [5.41, 5.74) is 1.45. The van der Waals surface area contributed by atoms with E-state index in [2.05, 4.69) is 61.3 Å². The second-order valence-corrected chi connectivity index (χ2v) is 6.15. The molecule has 0 radical (unpaired) electrons. The lowest BCUT2D eigenvalue weighted by molar-refractivity contribution is 0.0177. The van der Waals surface area contributed by atoms with Crippen LogP contribution >= 0.6 is 0 Å². The molecular formula is C18H30N2O. The van der Waals surface area contributed by atoms with Gasteiger partial charge in [-0.05, 0) is 25.8 Å². The van der Waals surface area contributed by atoms with Crippen molar-refractivity contribution in [2.75, 3.05) is 32.8 Å². The maximum atomic E-state index is 5.60. The zero-order valence-corrected chi connectivity index (χ0v) is 13.8. The van der Waals surface area contributed by atoms with E-state index >= 15 is 0 Å². The van der Waals surface area contributed by atoms with Crippen LogP contribution in [0.2, 0.25) is 0 Å². The van der Waals surface area contributed by atoms with Crippen LogP contribution < -0.4 is 5.32 Å². The summed E-state index contributed by atoms with van der Waals surface area (Å²) in [5.74, 6) is 0. The molecule has 0 spiro atoms. The molecule has 2 atom stereocenters. The molecule has 0 aliphatic carbocycles. The number of rotatable bonds is 7. The fourth-order valence-corrected chi connectivity index (χ4v) is 3.27. The molecule has 0 aromatic heterocycles. The predicted octanol–water partition coefficient (Wildman–Crippen LogP) is 3.01. The fourth-order valence-electron chi connectivity index (χ4n) is 3.27.